The van der Waals surface area contributed by atoms with E-state index in [-0.39, 0.29) is 0 Å². The van der Waals surface area contributed by atoms with E-state index in [9.17, 15) is 0 Å². The van der Waals surface area contributed by atoms with Gasteiger partial charge in [-0.3, -0.25) is 4.90 Å². The third-order valence-electron chi connectivity index (χ3n) is 5.99. The predicted octanol–water partition coefficient (Wildman–Crippen LogP) is 4.82. The minimum atomic E-state index is 0.373. The van der Waals surface area contributed by atoms with Crippen LogP contribution in [0.25, 0.3) is 0 Å². The minimum absolute atomic E-state index is 0.373. The molecule has 0 amide bonds. The van der Waals surface area contributed by atoms with Crippen molar-refractivity contribution in [3.05, 3.63) is 0 Å². The Labute approximate surface area is 133 Å². The summed E-state index contributed by atoms with van der Waals surface area (Å²) in [5, 5.41) is 0. The molecule has 0 aromatic heterocycles. The van der Waals surface area contributed by atoms with Crippen molar-refractivity contribution >= 4 is 0 Å². The van der Waals surface area contributed by atoms with Gasteiger partial charge in [-0.2, -0.15) is 0 Å². The van der Waals surface area contributed by atoms with Crippen molar-refractivity contribution in [2.45, 2.75) is 105 Å². The van der Waals surface area contributed by atoms with Crippen LogP contribution in [0.3, 0.4) is 0 Å². The highest BCUT2D eigenvalue weighted by Crippen LogP contribution is 2.41. The zero-order valence-corrected chi connectivity index (χ0v) is 15.5. The molecule has 0 aromatic rings. The Bertz CT molecular complexity index is 285. The standard InChI is InChI=1S/C19H40N2/c1-7-9-10-13-21(15(3)4)18-14-16(11-12-17(18)20)19(5,6)8-2/h15-18H,7-14,20H2,1-6H3. The minimum Gasteiger partial charge on any atom is -0.326 e. The average molecular weight is 297 g/mol. The summed E-state index contributed by atoms with van der Waals surface area (Å²) in [6.07, 6.45) is 9.06. The smallest absolute Gasteiger partial charge is 0.0252 e. The number of rotatable bonds is 8. The Balaban J connectivity index is 2.74. The molecule has 0 saturated heterocycles. The second kappa shape index (κ2) is 8.53. The first-order valence-electron chi connectivity index (χ1n) is 9.34. The molecule has 1 aliphatic carbocycles. The molecule has 1 aliphatic rings. The van der Waals surface area contributed by atoms with Crippen molar-refractivity contribution in [2.75, 3.05) is 6.54 Å². The van der Waals surface area contributed by atoms with Gasteiger partial charge in [0.2, 0.25) is 0 Å². The SMILES string of the molecule is CCCCCN(C(C)C)C1CC(C(C)(C)CC)CCC1N. The third kappa shape index (κ3) is 5.25. The fourth-order valence-corrected chi connectivity index (χ4v) is 3.90. The third-order valence-corrected chi connectivity index (χ3v) is 5.99. The first-order valence-corrected chi connectivity index (χ1v) is 9.34. The van der Waals surface area contributed by atoms with E-state index in [1.54, 1.807) is 0 Å². The number of nitrogens with two attached hydrogens (primary N) is 1. The summed E-state index contributed by atoms with van der Waals surface area (Å²) in [6, 6.07) is 1.57. The molecule has 21 heavy (non-hydrogen) atoms. The molecule has 2 nitrogen and oxygen atoms in total. The fourth-order valence-electron chi connectivity index (χ4n) is 3.90. The summed E-state index contributed by atoms with van der Waals surface area (Å²) in [7, 11) is 0. The van der Waals surface area contributed by atoms with Gasteiger partial charge in [-0.15, -0.1) is 0 Å². The molecule has 0 spiro atoms. The van der Waals surface area contributed by atoms with Gasteiger partial charge < -0.3 is 5.73 Å². The summed E-state index contributed by atoms with van der Waals surface area (Å²) >= 11 is 0. The molecule has 0 radical (unpaired) electrons. The highest BCUT2D eigenvalue weighted by atomic mass is 15.2. The van der Waals surface area contributed by atoms with Gasteiger partial charge in [0, 0.05) is 18.1 Å². The van der Waals surface area contributed by atoms with E-state index >= 15 is 0 Å². The van der Waals surface area contributed by atoms with E-state index in [1.165, 1.54) is 51.5 Å². The number of hydrogen-bond acceptors (Lipinski definition) is 2. The van der Waals surface area contributed by atoms with Crippen LogP contribution in [0.5, 0.6) is 0 Å². The Kier molecular flexibility index (Phi) is 7.70. The largest absolute Gasteiger partial charge is 0.326 e. The Morgan fingerprint density at radius 3 is 2.33 bits per heavy atom. The maximum Gasteiger partial charge on any atom is 0.0252 e. The monoisotopic (exact) mass is 296 g/mol. The van der Waals surface area contributed by atoms with Crippen LogP contribution >= 0.6 is 0 Å². The van der Waals surface area contributed by atoms with E-state index in [0.717, 1.165) is 5.92 Å². The van der Waals surface area contributed by atoms with Crippen LogP contribution in [-0.2, 0) is 0 Å². The molecule has 0 aromatic carbocycles. The summed E-state index contributed by atoms with van der Waals surface area (Å²) in [5.41, 5.74) is 6.99. The Morgan fingerprint density at radius 1 is 1.14 bits per heavy atom. The zero-order valence-electron chi connectivity index (χ0n) is 15.5. The lowest BCUT2D eigenvalue weighted by molar-refractivity contribution is 0.0426. The van der Waals surface area contributed by atoms with Crippen molar-refractivity contribution in [3.8, 4) is 0 Å². The van der Waals surface area contributed by atoms with E-state index < -0.39 is 0 Å². The molecule has 3 unspecified atom stereocenters. The molecular formula is C19H40N2. The molecule has 0 bridgehead atoms. The summed E-state index contributed by atoms with van der Waals surface area (Å²) in [5.74, 6) is 0.833. The molecule has 1 rings (SSSR count). The van der Waals surface area contributed by atoms with Crippen LogP contribution < -0.4 is 5.73 Å². The van der Waals surface area contributed by atoms with Crippen molar-refractivity contribution in [3.63, 3.8) is 0 Å². The summed E-state index contributed by atoms with van der Waals surface area (Å²) in [4.78, 5) is 2.71. The molecule has 2 heteroatoms. The molecule has 1 fully saturated rings. The second-order valence-electron chi connectivity index (χ2n) is 8.12. The average Bonchev–Trinajstić information content (AvgIpc) is 2.44. The second-order valence-corrected chi connectivity index (χ2v) is 8.12. The van der Waals surface area contributed by atoms with Gasteiger partial charge >= 0.3 is 0 Å². The first-order chi connectivity index (χ1) is 9.83. The van der Waals surface area contributed by atoms with Crippen molar-refractivity contribution in [2.24, 2.45) is 17.1 Å². The van der Waals surface area contributed by atoms with Gasteiger partial charge in [0.05, 0.1) is 0 Å². The van der Waals surface area contributed by atoms with Gasteiger partial charge in [0.25, 0.3) is 0 Å². The number of nitrogens with zero attached hydrogens (tertiary/aromatic N) is 1. The predicted molar refractivity (Wildman–Crippen MR) is 94.5 cm³/mol. The molecule has 126 valence electrons. The Morgan fingerprint density at radius 2 is 1.81 bits per heavy atom. The quantitative estimate of drug-likeness (QED) is 0.651. The van der Waals surface area contributed by atoms with Gasteiger partial charge in [0.1, 0.15) is 0 Å². The van der Waals surface area contributed by atoms with Crippen LogP contribution in [0.4, 0.5) is 0 Å². The van der Waals surface area contributed by atoms with Gasteiger partial charge in [-0.1, -0.05) is 47.0 Å². The lowest BCUT2D eigenvalue weighted by atomic mass is 9.67. The topological polar surface area (TPSA) is 29.3 Å². The normalized spacial score (nSPS) is 27.6. The number of hydrogen-bond donors (Lipinski definition) is 1. The van der Waals surface area contributed by atoms with E-state index in [0.29, 0.717) is 23.5 Å². The van der Waals surface area contributed by atoms with Crippen molar-refractivity contribution in [1.82, 2.24) is 4.90 Å². The van der Waals surface area contributed by atoms with Crippen molar-refractivity contribution < 1.29 is 0 Å². The van der Waals surface area contributed by atoms with Gasteiger partial charge in [-0.05, 0) is 57.4 Å². The first kappa shape index (κ1) is 19.0. The molecule has 2 N–H and O–H groups in total. The van der Waals surface area contributed by atoms with Crippen LogP contribution in [0.2, 0.25) is 0 Å². The van der Waals surface area contributed by atoms with E-state index in [4.69, 9.17) is 5.73 Å². The lowest BCUT2D eigenvalue weighted by Crippen LogP contribution is -2.55. The maximum absolute atomic E-state index is 6.53. The molecule has 1 saturated carbocycles. The van der Waals surface area contributed by atoms with Crippen LogP contribution in [0.15, 0.2) is 0 Å². The van der Waals surface area contributed by atoms with E-state index in [1.807, 2.05) is 0 Å². The van der Waals surface area contributed by atoms with Crippen LogP contribution in [0.1, 0.15) is 86.5 Å². The summed E-state index contributed by atoms with van der Waals surface area (Å²) in [6.45, 7) is 15.4. The molecule has 3 atom stereocenters. The lowest BCUT2D eigenvalue weighted by Gasteiger charge is -2.47. The Hall–Kier alpha value is -0.0800. The fraction of sp³-hybridized carbons (Fsp3) is 1.00. The van der Waals surface area contributed by atoms with Crippen molar-refractivity contribution in [1.29, 1.82) is 0 Å². The van der Waals surface area contributed by atoms with Crippen LogP contribution in [-0.4, -0.2) is 29.6 Å². The molecule has 0 heterocycles. The van der Waals surface area contributed by atoms with Gasteiger partial charge in [0.15, 0.2) is 0 Å². The number of unbranched alkanes of at least 4 members (excludes halogenated alkanes) is 2. The molecular weight excluding hydrogens is 256 g/mol. The van der Waals surface area contributed by atoms with E-state index in [2.05, 4.69) is 46.4 Å². The highest BCUT2D eigenvalue weighted by molar-refractivity contribution is 4.94. The maximum atomic E-state index is 6.53. The molecule has 0 aliphatic heterocycles. The zero-order chi connectivity index (χ0) is 16.0. The summed E-state index contributed by atoms with van der Waals surface area (Å²) < 4.78 is 0. The van der Waals surface area contributed by atoms with Crippen LogP contribution in [0, 0.1) is 11.3 Å². The van der Waals surface area contributed by atoms with Gasteiger partial charge in [-0.25, -0.2) is 0 Å². The highest BCUT2D eigenvalue weighted by Gasteiger charge is 2.38.